The Morgan fingerprint density at radius 3 is 2.65 bits per heavy atom. The Morgan fingerprint density at radius 1 is 1.23 bits per heavy atom. The van der Waals surface area contributed by atoms with Gasteiger partial charge in [-0.15, -0.1) is 0 Å². The molecule has 1 aromatic heterocycles. The molecule has 10 heteroatoms. The number of carbonyl (C=O) groups excluding carboxylic acids is 3. The molecule has 0 saturated heterocycles. The topological polar surface area (TPSA) is 110 Å². The molecule has 0 spiro atoms. The van der Waals surface area contributed by atoms with Crippen molar-refractivity contribution in [1.82, 2.24) is 20.6 Å². The fourth-order valence-corrected chi connectivity index (χ4v) is 3.61. The third-order valence-electron chi connectivity index (χ3n) is 4.13. The SMILES string of the molecule is CCCSc1ncc(Br)c(C(=O)N[C@@H](Cc2ccccc2)C(=O)NCCC(=O)OC)n1. The van der Waals surface area contributed by atoms with Gasteiger partial charge in [-0.3, -0.25) is 14.4 Å². The number of methoxy groups -OCH3 is 1. The van der Waals surface area contributed by atoms with Crippen molar-refractivity contribution in [2.75, 3.05) is 19.4 Å². The molecule has 0 fully saturated rings. The monoisotopic (exact) mass is 508 g/mol. The van der Waals surface area contributed by atoms with Crippen LogP contribution in [0.1, 0.15) is 35.8 Å². The molecule has 31 heavy (non-hydrogen) atoms. The fraction of sp³-hybridized carbons (Fsp3) is 0.381. The average Bonchev–Trinajstić information content (AvgIpc) is 2.78. The number of halogens is 1. The highest BCUT2D eigenvalue weighted by molar-refractivity contribution is 9.10. The molecular weight excluding hydrogens is 484 g/mol. The quantitative estimate of drug-likeness (QED) is 0.272. The normalized spacial score (nSPS) is 11.5. The molecule has 1 heterocycles. The number of ether oxygens (including phenoxy) is 1. The van der Waals surface area contributed by atoms with Crippen molar-refractivity contribution in [2.24, 2.45) is 0 Å². The summed E-state index contributed by atoms with van der Waals surface area (Å²) in [6.45, 7) is 2.16. The Bertz CT molecular complexity index is 898. The van der Waals surface area contributed by atoms with Crippen LogP contribution in [-0.2, 0) is 20.7 Å². The van der Waals surface area contributed by atoms with Gasteiger partial charge in [0, 0.05) is 24.9 Å². The van der Waals surface area contributed by atoms with Crippen LogP contribution in [0, 0.1) is 0 Å². The van der Waals surface area contributed by atoms with Crippen molar-refractivity contribution < 1.29 is 19.1 Å². The molecule has 0 bridgehead atoms. The highest BCUT2D eigenvalue weighted by Gasteiger charge is 2.24. The lowest BCUT2D eigenvalue weighted by molar-refractivity contribution is -0.140. The third kappa shape index (κ3) is 8.29. The molecule has 2 amide bonds. The van der Waals surface area contributed by atoms with Crippen LogP contribution >= 0.6 is 27.7 Å². The summed E-state index contributed by atoms with van der Waals surface area (Å²) in [5, 5.41) is 5.93. The third-order valence-corrected chi connectivity index (χ3v) is 5.78. The largest absolute Gasteiger partial charge is 0.469 e. The van der Waals surface area contributed by atoms with Gasteiger partial charge in [0.1, 0.15) is 11.7 Å². The summed E-state index contributed by atoms with van der Waals surface area (Å²) in [4.78, 5) is 45.5. The Kier molecular flexibility index (Phi) is 10.5. The molecule has 166 valence electrons. The van der Waals surface area contributed by atoms with Gasteiger partial charge >= 0.3 is 5.97 Å². The summed E-state index contributed by atoms with van der Waals surface area (Å²) < 4.78 is 5.02. The summed E-state index contributed by atoms with van der Waals surface area (Å²) in [6, 6.07) is 8.51. The van der Waals surface area contributed by atoms with E-state index < -0.39 is 23.8 Å². The molecule has 0 aliphatic rings. The van der Waals surface area contributed by atoms with Gasteiger partial charge in [0.15, 0.2) is 5.16 Å². The molecule has 0 saturated carbocycles. The van der Waals surface area contributed by atoms with Crippen molar-refractivity contribution in [2.45, 2.75) is 37.4 Å². The van der Waals surface area contributed by atoms with Gasteiger partial charge in [-0.25, -0.2) is 9.97 Å². The first-order valence-electron chi connectivity index (χ1n) is 9.79. The molecule has 0 radical (unpaired) electrons. The maximum atomic E-state index is 12.9. The van der Waals surface area contributed by atoms with E-state index in [1.54, 1.807) is 0 Å². The fourth-order valence-electron chi connectivity index (χ4n) is 2.57. The van der Waals surface area contributed by atoms with Crippen LogP contribution in [-0.4, -0.2) is 53.2 Å². The molecule has 0 unspecified atom stereocenters. The van der Waals surface area contributed by atoms with E-state index in [-0.39, 0.29) is 25.1 Å². The van der Waals surface area contributed by atoms with Gasteiger partial charge < -0.3 is 15.4 Å². The lowest BCUT2D eigenvalue weighted by atomic mass is 10.0. The number of esters is 1. The molecule has 2 N–H and O–H groups in total. The predicted molar refractivity (Wildman–Crippen MR) is 122 cm³/mol. The molecule has 8 nitrogen and oxygen atoms in total. The Balaban J connectivity index is 2.14. The average molecular weight is 509 g/mol. The maximum Gasteiger partial charge on any atom is 0.307 e. The number of hydrogen-bond donors (Lipinski definition) is 2. The van der Waals surface area contributed by atoms with Crippen LogP contribution in [0.4, 0.5) is 0 Å². The first-order valence-corrected chi connectivity index (χ1v) is 11.6. The van der Waals surface area contributed by atoms with Gasteiger partial charge in [-0.1, -0.05) is 49.0 Å². The standard InChI is InChI=1S/C21H25BrN4O4S/c1-3-11-31-21-24-13-15(22)18(26-21)20(29)25-16(12-14-7-5-4-6-8-14)19(28)23-10-9-17(27)30-2/h4-8,13,16H,3,9-12H2,1-2H3,(H,23,28)(H,25,29)/t16-/m0/s1. The summed E-state index contributed by atoms with van der Waals surface area (Å²) in [7, 11) is 1.29. The second-order valence-corrected chi connectivity index (χ2v) is 8.45. The molecule has 2 rings (SSSR count). The van der Waals surface area contributed by atoms with Gasteiger partial charge in [-0.2, -0.15) is 0 Å². The number of nitrogens with zero attached hydrogens (tertiary/aromatic N) is 2. The molecule has 0 aliphatic carbocycles. The van der Waals surface area contributed by atoms with Crippen LogP contribution in [0.5, 0.6) is 0 Å². The second kappa shape index (κ2) is 13.1. The van der Waals surface area contributed by atoms with Gasteiger partial charge in [-0.05, 0) is 27.9 Å². The maximum absolute atomic E-state index is 12.9. The van der Waals surface area contributed by atoms with E-state index in [0.29, 0.717) is 9.63 Å². The van der Waals surface area contributed by atoms with E-state index >= 15 is 0 Å². The highest BCUT2D eigenvalue weighted by Crippen LogP contribution is 2.19. The minimum Gasteiger partial charge on any atom is -0.469 e. The Hall–Kier alpha value is -2.46. The number of nitrogens with one attached hydrogen (secondary N) is 2. The van der Waals surface area contributed by atoms with Crippen molar-refractivity contribution in [3.8, 4) is 0 Å². The van der Waals surface area contributed by atoms with Gasteiger partial charge in [0.2, 0.25) is 5.91 Å². The highest BCUT2D eigenvalue weighted by atomic mass is 79.9. The molecule has 0 aliphatic heterocycles. The second-order valence-electron chi connectivity index (χ2n) is 6.53. The lowest BCUT2D eigenvalue weighted by Crippen LogP contribution is -2.48. The molecule has 1 aromatic carbocycles. The smallest absolute Gasteiger partial charge is 0.307 e. The Morgan fingerprint density at radius 2 is 1.97 bits per heavy atom. The van der Waals surface area contributed by atoms with Crippen LogP contribution in [0.2, 0.25) is 0 Å². The van der Waals surface area contributed by atoms with Crippen molar-refractivity contribution >= 4 is 45.5 Å². The van der Waals surface area contributed by atoms with Crippen LogP contribution in [0.3, 0.4) is 0 Å². The van der Waals surface area contributed by atoms with E-state index in [1.807, 2.05) is 37.3 Å². The van der Waals surface area contributed by atoms with E-state index in [9.17, 15) is 14.4 Å². The van der Waals surface area contributed by atoms with E-state index in [4.69, 9.17) is 0 Å². The van der Waals surface area contributed by atoms with E-state index in [2.05, 4.69) is 41.3 Å². The zero-order chi connectivity index (χ0) is 22.6. The number of amides is 2. The number of benzene rings is 1. The number of hydrogen-bond acceptors (Lipinski definition) is 7. The first-order chi connectivity index (χ1) is 14.9. The number of thioether (sulfide) groups is 1. The first kappa shape index (κ1) is 24.8. The zero-order valence-corrected chi connectivity index (χ0v) is 19.8. The lowest BCUT2D eigenvalue weighted by Gasteiger charge is -2.19. The van der Waals surface area contributed by atoms with Crippen molar-refractivity contribution in [1.29, 1.82) is 0 Å². The minimum atomic E-state index is -0.846. The Labute approximate surface area is 194 Å². The summed E-state index contributed by atoms with van der Waals surface area (Å²) in [6.07, 6.45) is 2.82. The van der Waals surface area contributed by atoms with Gasteiger partial charge in [0.05, 0.1) is 18.0 Å². The number of aromatic nitrogens is 2. The van der Waals surface area contributed by atoms with E-state index in [1.165, 1.54) is 25.1 Å². The zero-order valence-electron chi connectivity index (χ0n) is 17.4. The van der Waals surface area contributed by atoms with Crippen molar-refractivity contribution in [3.05, 3.63) is 52.3 Å². The summed E-state index contributed by atoms with van der Waals surface area (Å²) in [5.41, 5.74) is 1.05. The van der Waals surface area contributed by atoms with Crippen molar-refractivity contribution in [3.63, 3.8) is 0 Å². The number of rotatable bonds is 11. The predicted octanol–water partition coefficient (Wildman–Crippen LogP) is 2.76. The molecule has 1 atom stereocenters. The van der Waals surface area contributed by atoms with Gasteiger partial charge in [0.25, 0.3) is 5.91 Å². The molecule has 2 aromatic rings. The summed E-state index contributed by atoms with van der Waals surface area (Å²) >= 11 is 4.77. The van der Waals surface area contributed by atoms with Crippen LogP contribution < -0.4 is 10.6 Å². The van der Waals surface area contributed by atoms with E-state index in [0.717, 1.165) is 17.7 Å². The minimum absolute atomic E-state index is 0.0454. The molecular formula is C21H25BrN4O4S. The van der Waals surface area contributed by atoms with Crippen LogP contribution in [0.15, 0.2) is 46.2 Å². The van der Waals surface area contributed by atoms with Crippen LogP contribution in [0.25, 0.3) is 0 Å². The summed E-state index contributed by atoms with van der Waals surface area (Å²) in [5.74, 6) is -0.475. The number of carbonyl (C=O) groups is 3.